The number of rotatable bonds is 3. The zero-order valence-electron chi connectivity index (χ0n) is 9.20. The molecule has 1 aliphatic carbocycles. The highest BCUT2D eigenvalue weighted by molar-refractivity contribution is 5.89. The molecule has 1 saturated carbocycles. The number of nitrogens with two attached hydrogens (primary N) is 1. The summed E-state index contributed by atoms with van der Waals surface area (Å²) in [5.74, 6) is 5.13. The minimum Gasteiger partial charge on any atom is -0.371 e. The Morgan fingerprint density at radius 1 is 1.19 bits per heavy atom. The van der Waals surface area contributed by atoms with E-state index in [1.54, 1.807) is 0 Å². The van der Waals surface area contributed by atoms with E-state index in [0.717, 1.165) is 31.4 Å². The first kappa shape index (κ1) is 11.0. The minimum absolute atomic E-state index is 0.117. The lowest BCUT2D eigenvalue weighted by Crippen LogP contribution is -2.52. The van der Waals surface area contributed by atoms with Gasteiger partial charge in [0.05, 0.1) is 0 Å². The van der Waals surface area contributed by atoms with Crippen molar-refractivity contribution in [3.8, 4) is 0 Å². The summed E-state index contributed by atoms with van der Waals surface area (Å²) in [6.07, 6.45) is 3.80. The lowest BCUT2D eigenvalue weighted by atomic mass is 9.96. The van der Waals surface area contributed by atoms with E-state index in [4.69, 9.17) is 5.84 Å². The van der Waals surface area contributed by atoms with E-state index >= 15 is 0 Å². The lowest BCUT2D eigenvalue weighted by Gasteiger charge is -2.29. The number of benzene rings is 1. The summed E-state index contributed by atoms with van der Waals surface area (Å²) in [7, 11) is 0. The fourth-order valence-corrected chi connectivity index (χ4v) is 2.32. The van der Waals surface area contributed by atoms with Gasteiger partial charge in [0.25, 0.3) is 5.91 Å². The Bertz CT molecular complexity index is 358. The molecule has 1 aliphatic rings. The molecule has 86 valence electrons. The van der Waals surface area contributed by atoms with Crippen molar-refractivity contribution in [2.45, 2.75) is 31.2 Å². The van der Waals surface area contributed by atoms with Gasteiger partial charge in [-0.1, -0.05) is 31.0 Å². The number of nitrogens with one attached hydrogen (secondary N) is 2. The normalized spacial score (nSPS) is 18.1. The van der Waals surface area contributed by atoms with Crippen LogP contribution in [0.4, 0.5) is 5.69 Å². The molecule has 0 spiro atoms. The maximum absolute atomic E-state index is 11.8. The summed E-state index contributed by atoms with van der Waals surface area (Å²) in [4.78, 5) is 11.8. The van der Waals surface area contributed by atoms with Crippen LogP contribution in [-0.2, 0) is 4.79 Å². The number of anilines is 1. The van der Waals surface area contributed by atoms with Crippen LogP contribution >= 0.6 is 0 Å². The van der Waals surface area contributed by atoms with Gasteiger partial charge in [0.1, 0.15) is 5.54 Å². The van der Waals surface area contributed by atoms with Crippen LogP contribution in [0.3, 0.4) is 0 Å². The third-order valence-electron chi connectivity index (χ3n) is 3.18. The van der Waals surface area contributed by atoms with Gasteiger partial charge >= 0.3 is 0 Å². The average molecular weight is 219 g/mol. The summed E-state index contributed by atoms with van der Waals surface area (Å²) in [6, 6.07) is 9.78. The minimum atomic E-state index is -0.518. The summed E-state index contributed by atoms with van der Waals surface area (Å²) in [5, 5.41) is 3.31. The fraction of sp³-hybridized carbons (Fsp3) is 0.417. The quantitative estimate of drug-likeness (QED) is 0.409. The van der Waals surface area contributed by atoms with E-state index in [-0.39, 0.29) is 5.91 Å². The Morgan fingerprint density at radius 2 is 1.81 bits per heavy atom. The number of hydrogen-bond acceptors (Lipinski definition) is 3. The van der Waals surface area contributed by atoms with Crippen LogP contribution in [0, 0.1) is 0 Å². The van der Waals surface area contributed by atoms with Crippen LogP contribution in [0.25, 0.3) is 0 Å². The van der Waals surface area contributed by atoms with Gasteiger partial charge < -0.3 is 5.32 Å². The molecule has 0 radical (unpaired) electrons. The fourth-order valence-electron chi connectivity index (χ4n) is 2.32. The van der Waals surface area contributed by atoms with E-state index < -0.39 is 5.54 Å². The first-order chi connectivity index (χ1) is 7.77. The zero-order valence-corrected chi connectivity index (χ0v) is 9.20. The first-order valence-electron chi connectivity index (χ1n) is 5.61. The molecule has 0 aliphatic heterocycles. The third-order valence-corrected chi connectivity index (χ3v) is 3.18. The van der Waals surface area contributed by atoms with Crippen molar-refractivity contribution < 1.29 is 4.79 Å². The summed E-state index contributed by atoms with van der Waals surface area (Å²) < 4.78 is 0. The molecule has 1 aromatic carbocycles. The molecule has 1 amide bonds. The van der Waals surface area contributed by atoms with E-state index in [1.165, 1.54) is 0 Å². The van der Waals surface area contributed by atoms with Gasteiger partial charge in [0.15, 0.2) is 0 Å². The van der Waals surface area contributed by atoms with Gasteiger partial charge in [0.2, 0.25) is 0 Å². The molecule has 0 atom stereocenters. The van der Waals surface area contributed by atoms with Crippen LogP contribution in [0.1, 0.15) is 25.7 Å². The molecule has 0 aromatic heterocycles. The number of hydrazine groups is 1. The lowest BCUT2D eigenvalue weighted by molar-refractivity contribution is -0.125. The molecule has 0 saturated heterocycles. The van der Waals surface area contributed by atoms with Gasteiger partial charge in [0, 0.05) is 5.69 Å². The Labute approximate surface area is 95.2 Å². The van der Waals surface area contributed by atoms with Crippen molar-refractivity contribution in [2.24, 2.45) is 5.84 Å². The molecule has 16 heavy (non-hydrogen) atoms. The predicted octanol–water partition coefficient (Wildman–Crippen LogP) is 1.40. The average Bonchev–Trinajstić information content (AvgIpc) is 2.79. The molecular formula is C12H17N3O. The number of para-hydroxylation sites is 1. The molecule has 0 heterocycles. The largest absolute Gasteiger partial charge is 0.371 e. The molecule has 4 nitrogen and oxygen atoms in total. The highest BCUT2D eigenvalue weighted by atomic mass is 16.2. The van der Waals surface area contributed by atoms with Gasteiger partial charge in [-0.25, -0.2) is 5.84 Å². The second-order valence-electron chi connectivity index (χ2n) is 4.25. The van der Waals surface area contributed by atoms with Crippen LogP contribution in [0.5, 0.6) is 0 Å². The molecule has 0 unspecified atom stereocenters. The van der Waals surface area contributed by atoms with Gasteiger partial charge in [-0.2, -0.15) is 0 Å². The first-order valence-corrected chi connectivity index (χ1v) is 5.61. The highest BCUT2D eigenvalue weighted by Crippen LogP contribution is 2.33. The summed E-state index contributed by atoms with van der Waals surface area (Å²) >= 11 is 0. The van der Waals surface area contributed by atoms with Crippen molar-refractivity contribution in [3.05, 3.63) is 30.3 Å². The highest BCUT2D eigenvalue weighted by Gasteiger charge is 2.40. The van der Waals surface area contributed by atoms with E-state index in [1.807, 2.05) is 30.3 Å². The number of carbonyl (C=O) groups is 1. The SMILES string of the molecule is NNC(=O)C1(Nc2ccccc2)CCCC1. The second-order valence-corrected chi connectivity index (χ2v) is 4.25. The van der Waals surface area contributed by atoms with Crippen molar-refractivity contribution in [2.75, 3.05) is 5.32 Å². The monoisotopic (exact) mass is 219 g/mol. The van der Waals surface area contributed by atoms with Crippen molar-refractivity contribution in [1.29, 1.82) is 0 Å². The van der Waals surface area contributed by atoms with Crippen molar-refractivity contribution >= 4 is 11.6 Å². The summed E-state index contributed by atoms with van der Waals surface area (Å²) in [6.45, 7) is 0. The van der Waals surface area contributed by atoms with Crippen molar-refractivity contribution in [1.82, 2.24) is 5.43 Å². The maximum atomic E-state index is 11.8. The van der Waals surface area contributed by atoms with E-state index in [2.05, 4.69) is 10.7 Å². The van der Waals surface area contributed by atoms with E-state index in [9.17, 15) is 4.79 Å². The second kappa shape index (κ2) is 4.53. The Hall–Kier alpha value is -1.55. The van der Waals surface area contributed by atoms with Crippen molar-refractivity contribution in [3.63, 3.8) is 0 Å². The number of amides is 1. The molecule has 4 N–H and O–H groups in total. The molecular weight excluding hydrogens is 202 g/mol. The standard InChI is InChI=1S/C12H17N3O/c13-15-11(16)12(8-4-5-9-12)14-10-6-2-1-3-7-10/h1-3,6-7,14H,4-5,8-9,13H2,(H,15,16). The predicted molar refractivity (Wildman–Crippen MR) is 63.6 cm³/mol. The number of carbonyl (C=O) groups excluding carboxylic acids is 1. The molecule has 1 aromatic rings. The van der Waals surface area contributed by atoms with Crippen LogP contribution in [0.2, 0.25) is 0 Å². The Balaban J connectivity index is 2.18. The molecule has 1 fully saturated rings. The molecule has 4 heteroatoms. The van der Waals surface area contributed by atoms with Gasteiger partial charge in [-0.05, 0) is 25.0 Å². The third kappa shape index (κ3) is 2.02. The van der Waals surface area contributed by atoms with E-state index in [0.29, 0.717) is 0 Å². The number of hydrogen-bond donors (Lipinski definition) is 3. The van der Waals surface area contributed by atoms with Gasteiger partial charge in [-0.15, -0.1) is 0 Å². The smallest absolute Gasteiger partial charge is 0.259 e. The maximum Gasteiger partial charge on any atom is 0.259 e. The molecule has 0 bridgehead atoms. The van der Waals surface area contributed by atoms with Crippen LogP contribution in [0.15, 0.2) is 30.3 Å². The Kier molecular flexibility index (Phi) is 3.10. The molecule has 2 rings (SSSR count). The van der Waals surface area contributed by atoms with Crippen LogP contribution in [-0.4, -0.2) is 11.4 Å². The van der Waals surface area contributed by atoms with Crippen LogP contribution < -0.4 is 16.6 Å². The summed E-state index contributed by atoms with van der Waals surface area (Å²) in [5.41, 5.74) is 2.71. The Morgan fingerprint density at radius 3 is 2.38 bits per heavy atom. The topological polar surface area (TPSA) is 67.1 Å². The zero-order chi connectivity index (χ0) is 11.4. The van der Waals surface area contributed by atoms with Gasteiger partial charge in [-0.3, -0.25) is 10.2 Å².